The normalized spacial score (nSPS) is 17.7. The minimum absolute atomic E-state index is 0.0602. The number of carboxylic acids is 1. The number of aliphatic carboxylic acids is 1. The average Bonchev–Trinajstić information content (AvgIpc) is 3.00. The standard InChI is InChI=1S/C40H70ClNO6Si2/c1-16-32(35(44)40(10,11)36(33(41)37(45)46)48-50(14,15)39(7,8)9)34(47-49(12,13)38(4,5)6)29(3)21-19-20-28(2)23-25-31(43)26-24-30-22-17-18-27-42-30/h17-18,22-24,26-27,29,31-34,36,43H,16,19-21,25H2,1-15H3,(H,45,46)/t29-,31-,32+,33?,34-,36+/m0/s1. The summed E-state index contributed by atoms with van der Waals surface area (Å²) in [5.74, 6) is -1.64. The van der Waals surface area contributed by atoms with Gasteiger partial charge in [0.05, 0.1) is 29.4 Å². The van der Waals surface area contributed by atoms with Crippen LogP contribution in [0.5, 0.6) is 0 Å². The molecule has 1 aromatic heterocycles. The molecular formula is C40H70ClNO6Si2. The number of carbonyl (C=O) groups excluding carboxylic acids is 1. The summed E-state index contributed by atoms with van der Waals surface area (Å²) in [6.45, 7) is 31.3. The lowest BCUT2D eigenvalue weighted by molar-refractivity contribution is -0.146. The zero-order chi connectivity index (χ0) is 38.9. The van der Waals surface area contributed by atoms with E-state index in [1.54, 1.807) is 26.1 Å². The number of aromatic nitrogens is 1. The summed E-state index contributed by atoms with van der Waals surface area (Å²) < 4.78 is 13.9. The van der Waals surface area contributed by atoms with E-state index in [2.05, 4.69) is 92.6 Å². The molecule has 0 aliphatic heterocycles. The number of alkyl halides is 1. The lowest BCUT2D eigenvalue weighted by atomic mass is 9.71. The van der Waals surface area contributed by atoms with Gasteiger partial charge in [-0.1, -0.05) is 93.0 Å². The monoisotopic (exact) mass is 751 g/mol. The van der Waals surface area contributed by atoms with Crippen LogP contribution >= 0.6 is 11.6 Å². The summed E-state index contributed by atoms with van der Waals surface area (Å²) in [7, 11) is -4.81. The van der Waals surface area contributed by atoms with Crippen molar-refractivity contribution in [1.82, 2.24) is 4.98 Å². The molecule has 0 aliphatic rings. The molecule has 1 rings (SSSR count). The molecule has 0 saturated carbocycles. The highest BCUT2D eigenvalue weighted by molar-refractivity contribution is 6.74. The van der Waals surface area contributed by atoms with Gasteiger partial charge in [0.1, 0.15) is 5.78 Å². The van der Waals surface area contributed by atoms with E-state index in [1.807, 2.05) is 31.2 Å². The van der Waals surface area contributed by atoms with Crippen molar-refractivity contribution in [2.24, 2.45) is 17.3 Å². The van der Waals surface area contributed by atoms with Gasteiger partial charge in [-0.25, -0.2) is 0 Å². The summed E-state index contributed by atoms with van der Waals surface area (Å²) in [5.41, 5.74) is 0.841. The van der Waals surface area contributed by atoms with Crippen LogP contribution in [0.25, 0.3) is 6.08 Å². The fourth-order valence-corrected chi connectivity index (χ4v) is 8.85. The molecule has 1 aromatic rings. The van der Waals surface area contributed by atoms with Gasteiger partial charge in [0.2, 0.25) is 0 Å². The van der Waals surface area contributed by atoms with Gasteiger partial charge in [-0.05, 0) is 99.4 Å². The summed E-state index contributed by atoms with van der Waals surface area (Å²) in [4.78, 5) is 31.4. The van der Waals surface area contributed by atoms with Gasteiger partial charge < -0.3 is 19.1 Å². The van der Waals surface area contributed by atoms with Crippen molar-refractivity contribution < 1.29 is 28.7 Å². The van der Waals surface area contributed by atoms with Gasteiger partial charge in [0, 0.05) is 12.1 Å². The average molecular weight is 753 g/mol. The first kappa shape index (κ1) is 46.4. The van der Waals surface area contributed by atoms with Crippen molar-refractivity contribution in [2.75, 3.05) is 0 Å². The Bertz CT molecular complexity index is 1280. The van der Waals surface area contributed by atoms with Crippen molar-refractivity contribution >= 4 is 46.1 Å². The van der Waals surface area contributed by atoms with E-state index in [0.717, 1.165) is 25.0 Å². The third-order valence-corrected chi connectivity index (χ3v) is 20.5. The first-order valence-corrected chi connectivity index (χ1v) is 24.6. The number of rotatable bonds is 20. The highest BCUT2D eigenvalue weighted by Gasteiger charge is 2.53. The highest BCUT2D eigenvalue weighted by atomic mass is 35.5. The lowest BCUT2D eigenvalue weighted by Gasteiger charge is -2.47. The fraction of sp³-hybridized carbons (Fsp3) is 0.725. The van der Waals surface area contributed by atoms with Crippen LogP contribution in [0.4, 0.5) is 0 Å². The van der Waals surface area contributed by atoms with E-state index in [0.29, 0.717) is 12.8 Å². The largest absolute Gasteiger partial charge is 0.480 e. The number of ketones is 1. The number of aliphatic hydroxyl groups excluding tert-OH is 1. The van der Waals surface area contributed by atoms with E-state index >= 15 is 0 Å². The summed E-state index contributed by atoms with van der Waals surface area (Å²) >= 11 is 6.61. The van der Waals surface area contributed by atoms with Gasteiger partial charge in [-0.3, -0.25) is 14.6 Å². The molecule has 7 nitrogen and oxygen atoms in total. The van der Waals surface area contributed by atoms with Gasteiger partial charge >= 0.3 is 5.97 Å². The molecule has 0 amide bonds. The molecule has 1 unspecified atom stereocenters. The van der Waals surface area contributed by atoms with Crippen LogP contribution in [0.2, 0.25) is 36.3 Å². The molecule has 0 aliphatic carbocycles. The minimum atomic E-state index is -2.50. The van der Waals surface area contributed by atoms with E-state index in [-0.39, 0.29) is 27.9 Å². The second kappa shape index (κ2) is 18.9. The maximum absolute atomic E-state index is 14.8. The predicted octanol–water partition coefficient (Wildman–Crippen LogP) is 10.7. The number of carbonyl (C=O) groups is 2. The Kier molecular flexibility index (Phi) is 17.6. The second-order valence-corrected chi connectivity index (χ2v) is 27.8. The van der Waals surface area contributed by atoms with Crippen molar-refractivity contribution in [1.29, 1.82) is 0 Å². The Labute approximate surface area is 311 Å². The number of carboxylic acid groups (broad SMARTS) is 1. The third-order valence-electron chi connectivity index (χ3n) is 11.2. The maximum atomic E-state index is 14.8. The van der Waals surface area contributed by atoms with Crippen LogP contribution in [-0.4, -0.2) is 67.3 Å². The van der Waals surface area contributed by atoms with Crippen LogP contribution in [0.3, 0.4) is 0 Å². The van der Waals surface area contributed by atoms with Crippen LogP contribution in [0.1, 0.15) is 114 Å². The molecule has 0 radical (unpaired) electrons. The Balaban J connectivity index is 3.32. The lowest BCUT2D eigenvalue weighted by Crippen LogP contribution is -2.57. The number of nitrogens with zero attached hydrogens (tertiary/aromatic N) is 1. The van der Waals surface area contributed by atoms with Crippen molar-refractivity contribution in [3.63, 3.8) is 0 Å². The third kappa shape index (κ3) is 13.4. The van der Waals surface area contributed by atoms with Crippen LogP contribution in [0.15, 0.2) is 42.1 Å². The van der Waals surface area contributed by atoms with Crippen LogP contribution in [0, 0.1) is 17.3 Å². The van der Waals surface area contributed by atoms with Gasteiger partial charge in [-0.15, -0.1) is 11.6 Å². The number of pyridine rings is 1. The number of Topliss-reactive ketones (excluding diaryl/α,β-unsaturated/α-hetero) is 1. The summed E-state index contributed by atoms with van der Waals surface area (Å²) in [5, 5.41) is 18.9. The summed E-state index contributed by atoms with van der Waals surface area (Å²) in [6, 6.07) is 5.68. The zero-order valence-electron chi connectivity index (χ0n) is 33.9. The molecule has 50 heavy (non-hydrogen) atoms. The van der Waals surface area contributed by atoms with E-state index in [4.69, 9.17) is 20.5 Å². The number of allylic oxidation sites excluding steroid dienone is 1. The van der Waals surface area contributed by atoms with E-state index in [1.165, 1.54) is 5.57 Å². The Hall–Kier alpha value is -1.63. The smallest absolute Gasteiger partial charge is 0.324 e. The van der Waals surface area contributed by atoms with E-state index in [9.17, 15) is 19.8 Å². The molecule has 0 saturated heterocycles. The molecule has 1 heterocycles. The Morgan fingerprint density at radius 3 is 2.02 bits per heavy atom. The molecule has 2 N–H and O–H groups in total. The molecule has 0 spiro atoms. The van der Waals surface area contributed by atoms with Gasteiger partial charge in [-0.2, -0.15) is 0 Å². The minimum Gasteiger partial charge on any atom is -0.480 e. The number of hydrogen-bond acceptors (Lipinski definition) is 6. The molecule has 10 heteroatoms. The zero-order valence-corrected chi connectivity index (χ0v) is 36.6. The topological polar surface area (TPSA) is 106 Å². The molecule has 0 bridgehead atoms. The number of hydrogen-bond donors (Lipinski definition) is 2. The van der Waals surface area contributed by atoms with Crippen LogP contribution < -0.4 is 0 Å². The molecular weight excluding hydrogens is 682 g/mol. The summed E-state index contributed by atoms with van der Waals surface area (Å²) in [6.07, 6.45) is 9.21. The molecule has 0 fully saturated rings. The quantitative estimate of drug-likeness (QED) is 0.0776. The van der Waals surface area contributed by atoms with Crippen molar-refractivity contribution in [3.05, 3.63) is 47.8 Å². The highest BCUT2D eigenvalue weighted by Crippen LogP contribution is 2.45. The number of aliphatic hydroxyl groups is 1. The SMILES string of the molecule is CC[C@@H](C(=O)C(C)(C)[C@H](O[Si](C)(C)C(C)(C)C)C(Cl)C(=O)O)[C@@H](O[Si](C)(C)C(C)(C)C)[C@@H](C)CCCC(C)=CC[C@H](O)C=Cc1ccccn1. The predicted molar refractivity (Wildman–Crippen MR) is 215 cm³/mol. The maximum Gasteiger partial charge on any atom is 0.324 e. The van der Waals surface area contributed by atoms with Crippen molar-refractivity contribution in [2.45, 2.75) is 168 Å². The van der Waals surface area contributed by atoms with Crippen LogP contribution in [-0.2, 0) is 18.4 Å². The molecule has 286 valence electrons. The Morgan fingerprint density at radius 2 is 1.54 bits per heavy atom. The molecule has 0 aromatic carbocycles. The van der Waals surface area contributed by atoms with Crippen molar-refractivity contribution in [3.8, 4) is 0 Å². The first-order valence-electron chi connectivity index (χ1n) is 18.4. The number of halogens is 1. The van der Waals surface area contributed by atoms with Gasteiger partial charge in [0.25, 0.3) is 0 Å². The van der Waals surface area contributed by atoms with Gasteiger partial charge in [0.15, 0.2) is 22.0 Å². The Morgan fingerprint density at radius 1 is 0.980 bits per heavy atom. The second-order valence-electron chi connectivity index (χ2n) is 17.8. The van der Waals surface area contributed by atoms with E-state index < -0.39 is 51.5 Å². The fourth-order valence-electron chi connectivity index (χ4n) is 5.55. The first-order chi connectivity index (χ1) is 22.7. The molecule has 6 atom stereocenters.